The zero-order valence-electron chi connectivity index (χ0n) is 9.34. The minimum Gasteiger partial charge on any atom is -0.382 e. The lowest BCUT2D eigenvalue weighted by Gasteiger charge is -2.04. The van der Waals surface area contributed by atoms with Crippen LogP contribution in [0.2, 0.25) is 0 Å². The average molecular weight is 280 g/mol. The van der Waals surface area contributed by atoms with Gasteiger partial charge in [-0.1, -0.05) is 28.9 Å². The fourth-order valence-electron chi connectivity index (χ4n) is 1.78. The molecule has 0 aliphatic rings. The van der Waals surface area contributed by atoms with Crippen molar-refractivity contribution in [3.05, 3.63) is 33.8 Å². The van der Waals surface area contributed by atoms with Gasteiger partial charge in [-0.3, -0.25) is 5.10 Å². The Bertz CT molecular complexity index is 517. The summed E-state index contributed by atoms with van der Waals surface area (Å²) in [5.74, 6) is 0.595. The van der Waals surface area contributed by atoms with Crippen molar-refractivity contribution in [3.8, 4) is 11.3 Å². The molecule has 0 aliphatic carbocycles. The molecule has 4 heteroatoms. The molecule has 0 fully saturated rings. The van der Waals surface area contributed by atoms with Crippen LogP contribution in [0, 0.1) is 6.92 Å². The minimum absolute atomic E-state index is 0.595. The summed E-state index contributed by atoms with van der Waals surface area (Å²) in [6, 6.07) is 6.22. The maximum absolute atomic E-state index is 5.81. The first-order chi connectivity index (χ1) is 7.63. The van der Waals surface area contributed by atoms with Gasteiger partial charge in [-0.25, -0.2) is 0 Å². The maximum Gasteiger partial charge on any atom is 0.149 e. The Hall–Kier alpha value is -1.29. The van der Waals surface area contributed by atoms with E-state index in [2.05, 4.69) is 52.1 Å². The number of nitrogens with zero attached hydrogens (tertiary/aromatic N) is 1. The summed E-state index contributed by atoms with van der Waals surface area (Å²) in [4.78, 5) is 0. The van der Waals surface area contributed by atoms with Gasteiger partial charge in [0.05, 0.1) is 5.69 Å². The van der Waals surface area contributed by atoms with E-state index in [9.17, 15) is 0 Å². The van der Waals surface area contributed by atoms with Crippen molar-refractivity contribution in [1.82, 2.24) is 10.2 Å². The highest BCUT2D eigenvalue weighted by atomic mass is 79.9. The third kappa shape index (κ3) is 1.85. The van der Waals surface area contributed by atoms with Gasteiger partial charge >= 0.3 is 0 Å². The molecule has 0 atom stereocenters. The zero-order chi connectivity index (χ0) is 11.7. The SMILES string of the molecule is CCc1c(N)n[nH]c1-c1ccc(Br)c(C)c1. The zero-order valence-corrected chi connectivity index (χ0v) is 10.9. The van der Waals surface area contributed by atoms with Crippen molar-refractivity contribution < 1.29 is 0 Å². The van der Waals surface area contributed by atoms with E-state index in [0.29, 0.717) is 5.82 Å². The molecule has 1 aromatic carbocycles. The number of aromatic nitrogens is 2. The van der Waals surface area contributed by atoms with Crippen molar-refractivity contribution in [2.24, 2.45) is 0 Å². The summed E-state index contributed by atoms with van der Waals surface area (Å²) in [6.45, 7) is 4.15. The molecular weight excluding hydrogens is 266 g/mol. The van der Waals surface area contributed by atoms with E-state index in [1.165, 1.54) is 5.56 Å². The molecule has 0 aliphatic heterocycles. The van der Waals surface area contributed by atoms with Gasteiger partial charge in [0, 0.05) is 15.6 Å². The van der Waals surface area contributed by atoms with Gasteiger partial charge in [0.1, 0.15) is 5.82 Å². The molecule has 3 N–H and O–H groups in total. The van der Waals surface area contributed by atoms with Crippen LogP contribution in [0.4, 0.5) is 5.82 Å². The highest BCUT2D eigenvalue weighted by Crippen LogP contribution is 2.28. The molecule has 1 aromatic heterocycles. The number of aromatic amines is 1. The third-order valence-corrected chi connectivity index (χ3v) is 3.59. The van der Waals surface area contributed by atoms with Crippen LogP contribution in [0.15, 0.2) is 22.7 Å². The molecule has 16 heavy (non-hydrogen) atoms. The number of benzene rings is 1. The maximum atomic E-state index is 5.81. The van der Waals surface area contributed by atoms with Crippen LogP contribution in [0.5, 0.6) is 0 Å². The Morgan fingerprint density at radius 3 is 2.81 bits per heavy atom. The summed E-state index contributed by atoms with van der Waals surface area (Å²) in [5.41, 5.74) is 10.2. The predicted molar refractivity (Wildman–Crippen MR) is 70.3 cm³/mol. The molecule has 84 valence electrons. The Morgan fingerprint density at radius 2 is 2.19 bits per heavy atom. The molecule has 0 radical (unpaired) electrons. The first-order valence-corrected chi connectivity index (χ1v) is 6.02. The smallest absolute Gasteiger partial charge is 0.149 e. The lowest BCUT2D eigenvalue weighted by molar-refractivity contribution is 1.10. The van der Waals surface area contributed by atoms with Crippen LogP contribution >= 0.6 is 15.9 Å². The summed E-state index contributed by atoms with van der Waals surface area (Å²) < 4.78 is 1.11. The van der Waals surface area contributed by atoms with Crippen LogP contribution in [0.25, 0.3) is 11.3 Å². The molecule has 0 bridgehead atoms. The third-order valence-electron chi connectivity index (χ3n) is 2.70. The topological polar surface area (TPSA) is 54.7 Å². The summed E-state index contributed by atoms with van der Waals surface area (Å²) in [7, 11) is 0. The molecule has 0 amide bonds. The molecule has 0 unspecified atom stereocenters. The van der Waals surface area contributed by atoms with Gasteiger partial charge in [0.25, 0.3) is 0 Å². The lowest BCUT2D eigenvalue weighted by atomic mass is 10.0. The number of anilines is 1. The Kier molecular flexibility index (Phi) is 3.01. The standard InChI is InChI=1S/C12H14BrN3/c1-3-9-11(15-16-12(9)14)8-4-5-10(13)7(2)6-8/h4-6H,3H2,1-2H3,(H3,14,15,16). The monoisotopic (exact) mass is 279 g/mol. The predicted octanol–water partition coefficient (Wildman–Crippen LogP) is 3.29. The fraction of sp³-hybridized carbons (Fsp3) is 0.250. The highest BCUT2D eigenvalue weighted by Gasteiger charge is 2.11. The van der Waals surface area contributed by atoms with E-state index in [1.807, 2.05) is 6.07 Å². The highest BCUT2D eigenvalue weighted by molar-refractivity contribution is 9.10. The van der Waals surface area contributed by atoms with Gasteiger partial charge in [0.2, 0.25) is 0 Å². The van der Waals surface area contributed by atoms with Gasteiger partial charge in [-0.05, 0) is 31.0 Å². The number of hydrogen-bond acceptors (Lipinski definition) is 2. The second-order valence-electron chi connectivity index (χ2n) is 3.78. The number of nitrogen functional groups attached to an aromatic ring is 1. The number of rotatable bonds is 2. The molecule has 2 aromatic rings. The summed E-state index contributed by atoms with van der Waals surface area (Å²) in [6.07, 6.45) is 0.882. The minimum atomic E-state index is 0.595. The second-order valence-corrected chi connectivity index (χ2v) is 4.63. The number of hydrogen-bond donors (Lipinski definition) is 2. The van der Waals surface area contributed by atoms with Crippen LogP contribution in [-0.2, 0) is 6.42 Å². The number of H-pyrrole nitrogens is 1. The number of halogens is 1. The Labute approximate surface area is 103 Å². The van der Waals surface area contributed by atoms with E-state index in [4.69, 9.17) is 5.73 Å². The van der Waals surface area contributed by atoms with E-state index < -0.39 is 0 Å². The van der Waals surface area contributed by atoms with Crippen LogP contribution in [-0.4, -0.2) is 10.2 Å². The molecule has 0 spiro atoms. The van der Waals surface area contributed by atoms with Gasteiger partial charge in [-0.15, -0.1) is 0 Å². The average Bonchev–Trinajstić information content (AvgIpc) is 2.63. The first-order valence-electron chi connectivity index (χ1n) is 5.22. The van der Waals surface area contributed by atoms with Crippen molar-refractivity contribution in [1.29, 1.82) is 0 Å². The Balaban J connectivity index is 2.54. The van der Waals surface area contributed by atoms with Gasteiger partial charge in [-0.2, -0.15) is 5.10 Å². The van der Waals surface area contributed by atoms with Crippen LogP contribution < -0.4 is 5.73 Å². The first kappa shape index (κ1) is 11.2. The molecular formula is C12H14BrN3. The number of nitrogens with one attached hydrogen (secondary N) is 1. The normalized spacial score (nSPS) is 10.7. The van der Waals surface area contributed by atoms with E-state index in [0.717, 1.165) is 27.7 Å². The van der Waals surface area contributed by atoms with Crippen molar-refractivity contribution >= 4 is 21.7 Å². The molecule has 3 nitrogen and oxygen atoms in total. The largest absolute Gasteiger partial charge is 0.382 e. The Morgan fingerprint density at radius 1 is 1.44 bits per heavy atom. The van der Waals surface area contributed by atoms with Crippen molar-refractivity contribution in [3.63, 3.8) is 0 Å². The van der Waals surface area contributed by atoms with Crippen LogP contribution in [0.3, 0.4) is 0 Å². The second kappa shape index (κ2) is 4.29. The van der Waals surface area contributed by atoms with Crippen LogP contribution in [0.1, 0.15) is 18.1 Å². The summed E-state index contributed by atoms with van der Waals surface area (Å²) >= 11 is 3.49. The van der Waals surface area contributed by atoms with E-state index in [-0.39, 0.29) is 0 Å². The lowest BCUT2D eigenvalue weighted by Crippen LogP contribution is -1.91. The van der Waals surface area contributed by atoms with E-state index >= 15 is 0 Å². The number of aryl methyl sites for hydroxylation is 1. The molecule has 0 saturated heterocycles. The molecule has 2 rings (SSSR count). The van der Waals surface area contributed by atoms with Crippen molar-refractivity contribution in [2.45, 2.75) is 20.3 Å². The quantitative estimate of drug-likeness (QED) is 0.886. The van der Waals surface area contributed by atoms with Gasteiger partial charge in [0.15, 0.2) is 0 Å². The van der Waals surface area contributed by atoms with E-state index in [1.54, 1.807) is 0 Å². The molecule has 0 saturated carbocycles. The fourth-order valence-corrected chi connectivity index (χ4v) is 2.02. The van der Waals surface area contributed by atoms with Gasteiger partial charge < -0.3 is 5.73 Å². The number of nitrogens with two attached hydrogens (primary N) is 1. The summed E-state index contributed by atoms with van der Waals surface area (Å²) in [5, 5.41) is 7.05. The molecule has 1 heterocycles. The van der Waals surface area contributed by atoms with Crippen molar-refractivity contribution in [2.75, 3.05) is 5.73 Å².